The van der Waals surface area contributed by atoms with Crippen molar-refractivity contribution in [2.75, 3.05) is 0 Å². The summed E-state index contributed by atoms with van der Waals surface area (Å²) >= 11 is 2.09. The van der Waals surface area contributed by atoms with Gasteiger partial charge in [-0.15, -0.1) is 0 Å². The van der Waals surface area contributed by atoms with E-state index >= 15 is 0 Å². The third-order valence-corrected chi connectivity index (χ3v) is 25.9. The van der Waals surface area contributed by atoms with E-state index in [9.17, 15) is 0 Å². The molecule has 330 valence electrons. The molecule has 13 aliphatic rings. The summed E-state index contributed by atoms with van der Waals surface area (Å²) in [6, 6.07) is 25.9. The van der Waals surface area contributed by atoms with Gasteiger partial charge in [0.05, 0.1) is 0 Å². The molecule has 1 aliphatic heterocycles. The second-order valence-corrected chi connectivity index (χ2v) is 28.6. The minimum Gasteiger partial charge on any atom is -0.0888 e. The van der Waals surface area contributed by atoms with E-state index in [0.717, 1.165) is 94.3 Å². The Labute approximate surface area is 387 Å². The Bertz CT molecular complexity index is 2480. The van der Waals surface area contributed by atoms with E-state index in [2.05, 4.69) is 156 Å². The summed E-state index contributed by atoms with van der Waals surface area (Å²) in [6.45, 7) is 32.9. The van der Waals surface area contributed by atoms with Crippen LogP contribution in [0.15, 0.2) is 70.5 Å². The number of rotatable bonds is 6. The molecule has 12 saturated carbocycles. The van der Waals surface area contributed by atoms with E-state index in [1.165, 1.54) is 93.8 Å². The standard InChI is InChI=1S/C60H78B2S/c1-31-46-21-36(57(46,5)6)25-50(31)61(51-26-37-22-47(32(51)2)58(37,7)8)40-17-16-35-20-45-42-19-18-41(30-55(42)63-54-15-13-14-43(56(45)54)44(35)29-40)62(52-27-38-23-48(33(52)3)59(38,9)10)53-28-39-24-49(34(53)4)60(39,11)12/h13-20,29-34,36-39,46-53H,21-28H2,1-12H3. The van der Waals surface area contributed by atoms with Gasteiger partial charge in [0.25, 0.3) is 0 Å². The van der Waals surface area contributed by atoms with E-state index < -0.39 is 0 Å². The van der Waals surface area contributed by atoms with Gasteiger partial charge in [-0.25, -0.2) is 0 Å². The molecule has 0 saturated heterocycles. The number of hydrogen-bond donors (Lipinski definition) is 0. The molecular weight excluding hydrogens is 774 g/mol. The average Bonchev–Trinajstić information content (AvgIpc) is 3.25. The zero-order valence-corrected chi connectivity index (χ0v) is 42.0. The second-order valence-electron chi connectivity index (χ2n) is 27.5. The first kappa shape index (κ1) is 41.1. The highest BCUT2D eigenvalue weighted by Gasteiger charge is 2.64. The van der Waals surface area contributed by atoms with Gasteiger partial charge in [0.15, 0.2) is 13.4 Å². The van der Waals surface area contributed by atoms with Crippen molar-refractivity contribution in [2.24, 2.45) is 92.7 Å². The summed E-state index contributed by atoms with van der Waals surface area (Å²) in [4.78, 5) is 2.99. The maximum Gasteiger partial charge on any atom is 0.182 e. The Morgan fingerprint density at radius 3 is 1.29 bits per heavy atom. The molecule has 0 spiro atoms. The zero-order chi connectivity index (χ0) is 43.6. The zero-order valence-electron chi connectivity index (χ0n) is 41.2. The van der Waals surface area contributed by atoms with Crippen LogP contribution < -0.4 is 10.9 Å². The molecular formula is C60H78B2S. The van der Waals surface area contributed by atoms with Crippen molar-refractivity contribution in [2.45, 2.75) is 168 Å². The number of benzene rings is 4. The molecule has 63 heavy (non-hydrogen) atoms. The molecule has 12 aliphatic carbocycles. The molecule has 0 nitrogen and oxygen atoms in total. The van der Waals surface area contributed by atoms with Crippen LogP contribution in [-0.4, -0.2) is 13.4 Å². The third kappa shape index (κ3) is 5.34. The Kier molecular flexibility index (Phi) is 8.68. The maximum atomic E-state index is 2.75. The lowest BCUT2D eigenvalue weighted by atomic mass is 9.19. The Morgan fingerprint density at radius 1 is 0.429 bits per heavy atom. The molecule has 12 fully saturated rings. The summed E-state index contributed by atoms with van der Waals surface area (Å²) in [7, 11) is 0. The minimum absolute atomic E-state index is 0.524. The first-order valence-corrected chi connectivity index (χ1v) is 27.5. The Hall–Kier alpha value is -2.12. The molecule has 0 amide bonds. The van der Waals surface area contributed by atoms with Crippen LogP contribution in [0, 0.1) is 92.7 Å². The van der Waals surface area contributed by atoms with Crippen LogP contribution in [0.4, 0.5) is 0 Å². The van der Waals surface area contributed by atoms with E-state index in [1.807, 2.05) is 0 Å². The van der Waals surface area contributed by atoms with Gasteiger partial charge >= 0.3 is 0 Å². The van der Waals surface area contributed by atoms with Crippen molar-refractivity contribution < 1.29 is 0 Å². The van der Waals surface area contributed by atoms with Crippen molar-refractivity contribution in [3.8, 4) is 11.1 Å². The van der Waals surface area contributed by atoms with Crippen LogP contribution >= 0.6 is 11.8 Å². The van der Waals surface area contributed by atoms with Crippen LogP contribution in [-0.2, 0) is 0 Å². The average molecular weight is 853 g/mol. The first-order chi connectivity index (χ1) is 29.9. The van der Waals surface area contributed by atoms with Crippen molar-refractivity contribution in [1.82, 2.24) is 0 Å². The predicted octanol–water partition coefficient (Wildman–Crippen LogP) is 15.8. The summed E-state index contributed by atoms with van der Waals surface area (Å²) in [6.07, 6.45) is 11.7. The lowest BCUT2D eigenvalue weighted by Gasteiger charge is -2.66. The molecule has 17 rings (SSSR count). The van der Waals surface area contributed by atoms with Crippen LogP contribution in [0.2, 0.25) is 23.3 Å². The highest BCUT2D eigenvalue weighted by atomic mass is 32.2. The number of hydrogen-bond acceptors (Lipinski definition) is 1. The minimum atomic E-state index is 0.524. The fourth-order valence-corrected chi connectivity index (χ4v) is 21.3. The van der Waals surface area contributed by atoms with E-state index in [4.69, 9.17) is 0 Å². The summed E-state index contributed by atoms with van der Waals surface area (Å²) < 4.78 is 0. The van der Waals surface area contributed by atoms with Crippen molar-refractivity contribution >= 4 is 57.7 Å². The van der Waals surface area contributed by atoms with Crippen molar-refractivity contribution in [3.05, 3.63) is 60.7 Å². The largest absolute Gasteiger partial charge is 0.182 e. The van der Waals surface area contributed by atoms with Gasteiger partial charge < -0.3 is 0 Å². The van der Waals surface area contributed by atoms with Crippen molar-refractivity contribution in [3.63, 3.8) is 0 Å². The van der Waals surface area contributed by atoms with Gasteiger partial charge in [0.1, 0.15) is 0 Å². The summed E-state index contributed by atoms with van der Waals surface area (Å²) in [5, 5.41) is 5.93. The van der Waals surface area contributed by atoms with Gasteiger partial charge in [-0.05, 0) is 158 Å². The lowest BCUT2D eigenvalue weighted by Crippen LogP contribution is -2.61. The first-order valence-electron chi connectivity index (χ1n) is 26.7. The monoisotopic (exact) mass is 853 g/mol. The molecule has 0 radical (unpaired) electrons. The van der Waals surface area contributed by atoms with Gasteiger partial charge in [-0.3, -0.25) is 0 Å². The molecule has 1 heterocycles. The number of fused-ring (bicyclic) bond motifs is 12. The fourth-order valence-electron chi connectivity index (χ4n) is 20.1. The van der Waals surface area contributed by atoms with Gasteiger partial charge in [0, 0.05) is 15.2 Å². The van der Waals surface area contributed by atoms with E-state index in [0.29, 0.717) is 35.1 Å². The molecule has 4 aromatic rings. The second kappa shape index (κ2) is 13.3. The van der Waals surface area contributed by atoms with Crippen LogP contribution in [0.1, 0.15) is 134 Å². The third-order valence-electron chi connectivity index (χ3n) is 24.7. The highest BCUT2D eigenvalue weighted by Crippen LogP contribution is 2.71. The SMILES string of the molecule is CC1C(B(c2ccc3c(c2)Sc2cccc4c2c-3cc2ccc(B(C3CC5CC(C3C)C5(C)C)C3CC5CC(C3C)C5(C)C)cc24)C2CC3CC(C2C)C3(C)C)CC2CC1C2(C)C. The smallest absolute Gasteiger partial charge is 0.0888 e. The van der Waals surface area contributed by atoms with E-state index in [1.54, 1.807) is 10.9 Å². The highest BCUT2D eigenvalue weighted by molar-refractivity contribution is 7.99. The molecule has 0 aromatic heterocycles. The van der Waals surface area contributed by atoms with Gasteiger partial charge in [-0.1, -0.05) is 203 Å². The normalized spacial score (nSPS) is 42.2. The fraction of sp³-hybridized carbons (Fsp3) is 0.667. The molecule has 4 aromatic carbocycles. The predicted molar refractivity (Wildman–Crippen MR) is 273 cm³/mol. The Morgan fingerprint density at radius 2 is 0.857 bits per heavy atom. The maximum absolute atomic E-state index is 2.75. The van der Waals surface area contributed by atoms with E-state index in [-0.39, 0.29) is 0 Å². The molecule has 8 bridgehead atoms. The summed E-state index contributed by atoms with van der Waals surface area (Å²) in [5.41, 5.74) is 8.40. The Balaban J connectivity index is 0.893. The molecule has 16 atom stereocenters. The quantitative estimate of drug-likeness (QED) is 0.121. The molecule has 16 unspecified atom stereocenters. The summed E-state index contributed by atoms with van der Waals surface area (Å²) in [5.74, 6) is 13.6. The lowest BCUT2D eigenvalue weighted by molar-refractivity contribution is -0.107. The van der Waals surface area contributed by atoms with Crippen LogP contribution in [0.25, 0.3) is 32.7 Å². The molecule has 0 N–H and O–H groups in total. The van der Waals surface area contributed by atoms with Crippen molar-refractivity contribution in [1.29, 1.82) is 0 Å². The topological polar surface area (TPSA) is 0 Å². The van der Waals surface area contributed by atoms with Gasteiger partial charge in [-0.2, -0.15) is 0 Å². The molecule has 3 heteroatoms. The van der Waals surface area contributed by atoms with Gasteiger partial charge in [0.2, 0.25) is 0 Å². The van der Waals surface area contributed by atoms with Crippen LogP contribution in [0.5, 0.6) is 0 Å². The van der Waals surface area contributed by atoms with Crippen LogP contribution in [0.3, 0.4) is 0 Å².